The van der Waals surface area contributed by atoms with E-state index < -0.39 is 0 Å². The Balaban J connectivity index is 1.70. The monoisotopic (exact) mass is 353 g/mol. The molecule has 0 bridgehead atoms. The normalized spacial score (nSPS) is 12.3. The Bertz CT molecular complexity index is 778. The zero-order valence-corrected chi connectivity index (χ0v) is 14.8. The first-order valence-corrected chi connectivity index (χ1v) is 10.0. The first-order valence-electron chi connectivity index (χ1n) is 7.21. The molecule has 0 aliphatic rings. The Morgan fingerprint density at radius 3 is 2.48 bits per heavy atom. The van der Waals surface area contributed by atoms with Crippen LogP contribution in [0.4, 0.5) is 0 Å². The van der Waals surface area contributed by atoms with E-state index in [9.17, 15) is 0 Å². The van der Waals surface area contributed by atoms with Crippen LogP contribution in [0.5, 0.6) is 0 Å². The van der Waals surface area contributed by atoms with Crippen molar-refractivity contribution in [2.75, 3.05) is 0 Å². The van der Waals surface area contributed by atoms with E-state index in [1.165, 1.54) is 15.3 Å². The number of hydrogen-bond donors (Lipinski definition) is 0. The van der Waals surface area contributed by atoms with Crippen LogP contribution in [-0.2, 0) is 5.75 Å². The lowest BCUT2D eigenvalue weighted by Crippen LogP contribution is -1.89. The molecule has 1 unspecified atom stereocenters. The average Bonchev–Trinajstić information content (AvgIpc) is 3.29. The second kappa shape index (κ2) is 8.16. The van der Waals surface area contributed by atoms with E-state index in [0.717, 1.165) is 5.75 Å². The van der Waals surface area contributed by atoms with Crippen molar-refractivity contribution in [3.05, 3.63) is 86.2 Å². The molecule has 1 nitrogen and oxygen atoms in total. The van der Waals surface area contributed by atoms with Gasteiger partial charge >= 0.3 is 0 Å². The molecule has 4 heteroatoms. The van der Waals surface area contributed by atoms with Gasteiger partial charge in [-0.05, 0) is 46.7 Å². The third kappa shape index (κ3) is 4.59. The van der Waals surface area contributed by atoms with Crippen LogP contribution >= 0.6 is 34.4 Å². The van der Waals surface area contributed by atoms with Crippen LogP contribution < -0.4 is 0 Å². The molecule has 2 heterocycles. The van der Waals surface area contributed by atoms with Crippen LogP contribution in [0.3, 0.4) is 0 Å². The van der Waals surface area contributed by atoms with E-state index in [4.69, 9.17) is 5.26 Å². The highest BCUT2D eigenvalue weighted by Crippen LogP contribution is 2.36. The SMILES string of the molecule is N#Cc1ccc(CSC(/C=C/c2cccs2)c2cccs2)cc1. The lowest BCUT2D eigenvalue weighted by atomic mass is 10.2. The highest BCUT2D eigenvalue weighted by molar-refractivity contribution is 7.99. The second-order valence-corrected chi connectivity index (χ2v) is 8.02. The minimum atomic E-state index is 0.354. The van der Waals surface area contributed by atoms with Crippen molar-refractivity contribution in [1.82, 2.24) is 0 Å². The van der Waals surface area contributed by atoms with E-state index in [0.29, 0.717) is 10.8 Å². The van der Waals surface area contributed by atoms with Crippen LogP contribution in [-0.4, -0.2) is 0 Å². The van der Waals surface area contributed by atoms with Crippen molar-refractivity contribution in [2.45, 2.75) is 11.0 Å². The molecule has 3 rings (SSSR count). The summed E-state index contributed by atoms with van der Waals surface area (Å²) in [6, 6.07) is 18.5. The summed E-state index contributed by atoms with van der Waals surface area (Å²) in [5.74, 6) is 0.934. The van der Waals surface area contributed by atoms with Gasteiger partial charge in [0.15, 0.2) is 0 Å². The smallest absolute Gasteiger partial charge is 0.0991 e. The number of rotatable bonds is 6. The van der Waals surface area contributed by atoms with Crippen LogP contribution in [0.2, 0.25) is 0 Å². The topological polar surface area (TPSA) is 23.8 Å². The Morgan fingerprint density at radius 1 is 1.04 bits per heavy atom. The zero-order chi connectivity index (χ0) is 15.9. The summed E-state index contributed by atoms with van der Waals surface area (Å²) in [7, 11) is 0. The van der Waals surface area contributed by atoms with Gasteiger partial charge in [-0.3, -0.25) is 0 Å². The molecule has 0 aliphatic carbocycles. The molecule has 1 atom stereocenters. The Kier molecular flexibility index (Phi) is 5.71. The van der Waals surface area contributed by atoms with Gasteiger partial charge in [0.05, 0.1) is 16.9 Å². The molecule has 2 aromatic heterocycles. The summed E-state index contributed by atoms with van der Waals surface area (Å²) in [5, 5.41) is 13.5. The van der Waals surface area contributed by atoms with E-state index >= 15 is 0 Å². The Morgan fingerprint density at radius 2 is 1.83 bits per heavy atom. The molecule has 0 N–H and O–H groups in total. The molecule has 3 aromatic rings. The van der Waals surface area contributed by atoms with Gasteiger partial charge in [0, 0.05) is 15.5 Å². The maximum absolute atomic E-state index is 8.87. The maximum atomic E-state index is 8.87. The summed E-state index contributed by atoms with van der Waals surface area (Å²) >= 11 is 5.47. The third-order valence-electron chi connectivity index (χ3n) is 3.31. The van der Waals surface area contributed by atoms with E-state index in [1.54, 1.807) is 22.7 Å². The lowest BCUT2D eigenvalue weighted by Gasteiger charge is -2.11. The van der Waals surface area contributed by atoms with Gasteiger partial charge in [-0.2, -0.15) is 5.26 Å². The Hall–Kier alpha value is -1.80. The number of nitrogens with zero attached hydrogens (tertiary/aromatic N) is 1. The fourth-order valence-corrected chi connectivity index (χ4v) is 4.80. The molecular weight excluding hydrogens is 338 g/mol. The molecular formula is C19H15NS3. The van der Waals surface area contributed by atoms with Crippen LogP contribution in [0.1, 0.15) is 26.1 Å². The molecule has 0 radical (unpaired) electrons. The summed E-state index contributed by atoms with van der Waals surface area (Å²) in [5.41, 5.74) is 1.96. The van der Waals surface area contributed by atoms with Crippen LogP contribution in [0.25, 0.3) is 6.08 Å². The lowest BCUT2D eigenvalue weighted by molar-refractivity contribution is 1.28. The number of thioether (sulfide) groups is 1. The summed E-state index contributed by atoms with van der Waals surface area (Å²) < 4.78 is 0. The first kappa shape index (κ1) is 16.1. The van der Waals surface area contributed by atoms with Crippen molar-refractivity contribution in [3.8, 4) is 6.07 Å². The predicted molar refractivity (Wildman–Crippen MR) is 103 cm³/mol. The molecule has 0 amide bonds. The molecule has 0 saturated heterocycles. The number of nitriles is 1. The number of hydrogen-bond acceptors (Lipinski definition) is 4. The van der Waals surface area contributed by atoms with Crippen molar-refractivity contribution < 1.29 is 0 Å². The molecule has 1 aromatic carbocycles. The van der Waals surface area contributed by atoms with Crippen LogP contribution in [0, 0.1) is 11.3 Å². The quantitative estimate of drug-likeness (QED) is 0.514. The van der Waals surface area contributed by atoms with Gasteiger partial charge in [0.25, 0.3) is 0 Å². The molecule has 0 spiro atoms. The highest BCUT2D eigenvalue weighted by Gasteiger charge is 2.10. The molecule has 0 fully saturated rings. The zero-order valence-electron chi connectivity index (χ0n) is 12.4. The average molecular weight is 354 g/mol. The van der Waals surface area contributed by atoms with Crippen molar-refractivity contribution in [3.63, 3.8) is 0 Å². The van der Waals surface area contributed by atoms with Crippen molar-refractivity contribution in [1.29, 1.82) is 5.26 Å². The maximum Gasteiger partial charge on any atom is 0.0991 e. The van der Waals surface area contributed by atoms with E-state index in [-0.39, 0.29) is 0 Å². The minimum Gasteiger partial charge on any atom is -0.192 e. The molecule has 0 aliphatic heterocycles. The van der Waals surface area contributed by atoms with Gasteiger partial charge in [0.1, 0.15) is 0 Å². The van der Waals surface area contributed by atoms with Crippen molar-refractivity contribution >= 4 is 40.5 Å². The largest absolute Gasteiger partial charge is 0.192 e. The second-order valence-electron chi connectivity index (χ2n) is 4.93. The van der Waals surface area contributed by atoms with Gasteiger partial charge in [0.2, 0.25) is 0 Å². The summed E-state index contributed by atoms with van der Waals surface area (Å²) in [6.45, 7) is 0. The number of thiophene rings is 2. The van der Waals surface area contributed by atoms with Gasteiger partial charge in [-0.15, -0.1) is 34.4 Å². The van der Waals surface area contributed by atoms with E-state index in [1.807, 2.05) is 36.0 Å². The van der Waals surface area contributed by atoms with Crippen LogP contribution in [0.15, 0.2) is 65.4 Å². The van der Waals surface area contributed by atoms with E-state index in [2.05, 4.69) is 53.2 Å². The molecule has 114 valence electrons. The van der Waals surface area contributed by atoms with Crippen molar-refractivity contribution in [2.24, 2.45) is 0 Å². The highest BCUT2D eigenvalue weighted by atomic mass is 32.2. The Labute approximate surface area is 148 Å². The van der Waals surface area contributed by atoms with Gasteiger partial charge in [-0.25, -0.2) is 0 Å². The fraction of sp³-hybridized carbons (Fsp3) is 0.105. The first-order chi connectivity index (χ1) is 11.3. The summed E-state index contributed by atoms with van der Waals surface area (Å²) in [4.78, 5) is 2.65. The standard InChI is InChI=1S/C19H15NS3/c20-13-15-5-7-16(8-6-15)14-23-19(18-4-2-12-22-18)10-9-17-3-1-11-21-17/h1-12,19H,14H2/b10-9+. The third-order valence-corrected chi connectivity index (χ3v) is 6.53. The minimum absolute atomic E-state index is 0.354. The van der Waals surface area contributed by atoms with Gasteiger partial charge in [-0.1, -0.05) is 30.3 Å². The number of benzene rings is 1. The predicted octanol–water partition coefficient (Wildman–Crippen LogP) is 6.37. The van der Waals surface area contributed by atoms with Gasteiger partial charge < -0.3 is 0 Å². The fourth-order valence-electron chi connectivity index (χ4n) is 2.12. The molecule has 0 saturated carbocycles. The molecule has 23 heavy (non-hydrogen) atoms. The summed E-state index contributed by atoms with van der Waals surface area (Å²) in [6.07, 6.45) is 4.49.